The number of likely N-dealkylation sites (tertiary alicyclic amines) is 1. The third-order valence-corrected chi connectivity index (χ3v) is 4.18. The predicted octanol–water partition coefficient (Wildman–Crippen LogP) is 2.91. The molecule has 1 aliphatic rings. The molecule has 132 valence electrons. The molecule has 0 unspecified atom stereocenters. The van der Waals surface area contributed by atoms with Crippen molar-refractivity contribution in [3.8, 4) is 0 Å². The Kier molecular flexibility index (Phi) is 5.86. The van der Waals surface area contributed by atoms with E-state index in [1.807, 2.05) is 56.9 Å². The normalized spacial score (nSPS) is 17.7. The summed E-state index contributed by atoms with van der Waals surface area (Å²) in [5, 5.41) is 2.80. The highest BCUT2D eigenvalue weighted by atomic mass is 16.6. The number of nitrogens with one attached hydrogen (secondary N) is 1. The number of rotatable bonds is 4. The number of carbonyl (C=O) groups is 2. The number of carbonyl (C=O) groups excluding carboxylic acids is 2. The van der Waals surface area contributed by atoms with E-state index in [2.05, 4.69) is 5.32 Å². The smallest absolute Gasteiger partial charge is 0.407 e. The van der Waals surface area contributed by atoms with Crippen LogP contribution in [0.25, 0.3) is 0 Å². The van der Waals surface area contributed by atoms with Crippen LogP contribution in [0.15, 0.2) is 24.3 Å². The van der Waals surface area contributed by atoms with Crippen molar-refractivity contribution in [1.29, 1.82) is 0 Å². The van der Waals surface area contributed by atoms with Crippen LogP contribution < -0.4 is 5.32 Å². The molecule has 1 aromatic carbocycles. The number of hydrogen-bond donors (Lipinski definition) is 1. The first kappa shape index (κ1) is 18.3. The SMILES string of the molecule is Cc1ccccc1CC(=O)N1CC[C@@H](CNC(=O)OC(C)(C)C)C1. The van der Waals surface area contributed by atoms with Crippen molar-refractivity contribution in [2.24, 2.45) is 5.92 Å². The molecule has 5 heteroatoms. The van der Waals surface area contributed by atoms with Crippen molar-refractivity contribution in [2.75, 3.05) is 19.6 Å². The summed E-state index contributed by atoms with van der Waals surface area (Å²) < 4.78 is 5.23. The van der Waals surface area contributed by atoms with Gasteiger partial charge in [-0.05, 0) is 51.2 Å². The van der Waals surface area contributed by atoms with Crippen LogP contribution in [0.4, 0.5) is 4.79 Å². The number of alkyl carbamates (subject to hydrolysis) is 1. The molecule has 1 aliphatic heterocycles. The van der Waals surface area contributed by atoms with Gasteiger partial charge in [-0.25, -0.2) is 4.79 Å². The Morgan fingerprint density at radius 3 is 2.67 bits per heavy atom. The molecule has 0 aliphatic carbocycles. The van der Waals surface area contributed by atoms with E-state index in [1.165, 1.54) is 0 Å². The second-order valence-corrected chi connectivity index (χ2v) is 7.48. The standard InChI is InChI=1S/C19H28N2O3/c1-14-7-5-6-8-16(14)11-17(22)21-10-9-15(13-21)12-20-18(23)24-19(2,3)4/h5-8,15H,9-13H2,1-4H3,(H,20,23)/t15-/m0/s1. The Morgan fingerprint density at radius 2 is 2.00 bits per heavy atom. The summed E-state index contributed by atoms with van der Waals surface area (Å²) in [6, 6.07) is 7.98. The number of benzene rings is 1. The molecule has 24 heavy (non-hydrogen) atoms. The predicted molar refractivity (Wildman–Crippen MR) is 93.8 cm³/mol. The first-order valence-corrected chi connectivity index (χ1v) is 8.54. The van der Waals surface area contributed by atoms with Gasteiger partial charge in [0.1, 0.15) is 5.60 Å². The molecule has 1 heterocycles. The summed E-state index contributed by atoms with van der Waals surface area (Å²) in [5.74, 6) is 0.447. The molecule has 1 N–H and O–H groups in total. The molecule has 5 nitrogen and oxygen atoms in total. The highest BCUT2D eigenvalue weighted by Crippen LogP contribution is 2.18. The quantitative estimate of drug-likeness (QED) is 0.922. The molecule has 1 saturated heterocycles. The molecular formula is C19H28N2O3. The Hall–Kier alpha value is -2.04. The minimum absolute atomic E-state index is 0.157. The van der Waals surface area contributed by atoms with Crippen molar-refractivity contribution >= 4 is 12.0 Å². The Labute approximate surface area is 144 Å². The zero-order chi connectivity index (χ0) is 17.7. The molecule has 1 aromatic rings. The lowest BCUT2D eigenvalue weighted by molar-refractivity contribution is -0.129. The summed E-state index contributed by atoms with van der Waals surface area (Å²) in [6.45, 7) is 9.55. The third-order valence-electron chi connectivity index (χ3n) is 4.18. The molecular weight excluding hydrogens is 304 g/mol. The highest BCUT2D eigenvalue weighted by molar-refractivity contribution is 5.79. The summed E-state index contributed by atoms with van der Waals surface area (Å²) in [7, 11) is 0. The van der Waals surface area contributed by atoms with Crippen LogP contribution in [0.2, 0.25) is 0 Å². The van der Waals surface area contributed by atoms with Crippen LogP contribution in [-0.4, -0.2) is 42.1 Å². The molecule has 1 fully saturated rings. The zero-order valence-corrected chi connectivity index (χ0v) is 15.1. The van der Waals surface area contributed by atoms with Crippen LogP contribution in [0.5, 0.6) is 0 Å². The van der Waals surface area contributed by atoms with Gasteiger partial charge in [0.15, 0.2) is 0 Å². The van der Waals surface area contributed by atoms with E-state index >= 15 is 0 Å². The zero-order valence-electron chi connectivity index (χ0n) is 15.1. The highest BCUT2D eigenvalue weighted by Gasteiger charge is 2.27. The Morgan fingerprint density at radius 1 is 1.29 bits per heavy atom. The van der Waals surface area contributed by atoms with Crippen LogP contribution in [0.1, 0.15) is 38.3 Å². The van der Waals surface area contributed by atoms with Crippen LogP contribution in [0.3, 0.4) is 0 Å². The average molecular weight is 332 g/mol. The maximum absolute atomic E-state index is 12.5. The van der Waals surface area contributed by atoms with Crippen LogP contribution >= 0.6 is 0 Å². The van der Waals surface area contributed by atoms with Crippen molar-refractivity contribution in [3.63, 3.8) is 0 Å². The van der Waals surface area contributed by atoms with E-state index < -0.39 is 11.7 Å². The van der Waals surface area contributed by atoms with Gasteiger partial charge in [0.2, 0.25) is 5.91 Å². The van der Waals surface area contributed by atoms with Gasteiger partial charge in [-0.1, -0.05) is 24.3 Å². The maximum Gasteiger partial charge on any atom is 0.407 e. The monoisotopic (exact) mass is 332 g/mol. The lowest BCUT2D eigenvalue weighted by Gasteiger charge is -2.21. The van der Waals surface area contributed by atoms with E-state index in [4.69, 9.17) is 4.74 Å². The fraction of sp³-hybridized carbons (Fsp3) is 0.579. The van der Waals surface area contributed by atoms with Crippen molar-refractivity contribution in [1.82, 2.24) is 10.2 Å². The average Bonchev–Trinajstić information content (AvgIpc) is 2.95. The summed E-state index contributed by atoms with van der Waals surface area (Å²) in [6.07, 6.45) is 0.959. The van der Waals surface area contributed by atoms with Gasteiger partial charge in [-0.15, -0.1) is 0 Å². The van der Waals surface area contributed by atoms with Crippen molar-refractivity contribution in [3.05, 3.63) is 35.4 Å². The van der Waals surface area contributed by atoms with E-state index in [9.17, 15) is 9.59 Å². The first-order valence-electron chi connectivity index (χ1n) is 8.54. The molecule has 0 radical (unpaired) electrons. The van der Waals surface area contributed by atoms with Gasteiger partial charge in [0, 0.05) is 19.6 Å². The van der Waals surface area contributed by atoms with Gasteiger partial charge in [-0.3, -0.25) is 4.79 Å². The Bertz CT molecular complexity index is 593. The largest absolute Gasteiger partial charge is 0.444 e. The fourth-order valence-corrected chi connectivity index (χ4v) is 2.85. The van der Waals surface area contributed by atoms with Crippen LogP contribution in [-0.2, 0) is 16.0 Å². The second-order valence-electron chi connectivity index (χ2n) is 7.48. The van der Waals surface area contributed by atoms with Gasteiger partial charge >= 0.3 is 6.09 Å². The van der Waals surface area contributed by atoms with Gasteiger partial charge in [-0.2, -0.15) is 0 Å². The summed E-state index contributed by atoms with van der Waals surface area (Å²) >= 11 is 0. The van der Waals surface area contributed by atoms with Crippen molar-refractivity contribution < 1.29 is 14.3 Å². The van der Waals surface area contributed by atoms with Gasteiger partial charge < -0.3 is 15.0 Å². The number of hydrogen-bond acceptors (Lipinski definition) is 3. The molecule has 2 amide bonds. The molecule has 0 saturated carbocycles. The van der Waals surface area contributed by atoms with Gasteiger partial charge in [0.25, 0.3) is 0 Å². The molecule has 0 spiro atoms. The molecule has 0 aromatic heterocycles. The minimum atomic E-state index is -0.491. The van der Waals surface area contributed by atoms with E-state index in [0.717, 1.165) is 24.1 Å². The second kappa shape index (κ2) is 7.69. The molecule has 2 rings (SSSR count). The van der Waals surface area contributed by atoms with Gasteiger partial charge in [0.05, 0.1) is 6.42 Å². The minimum Gasteiger partial charge on any atom is -0.444 e. The summed E-state index contributed by atoms with van der Waals surface area (Å²) in [5.41, 5.74) is 1.74. The van der Waals surface area contributed by atoms with E-state index in [-0.39, 0.29) is 5.91 Å². The fourth-order valence-electron chi connectivity index (χ4n) is 2.85. The number of aryl methyl sites for hydroxylation is 1. The number of ether oxygens (including phenoxy) is 1. The number of nitrogens with zero attached hydrogens (tertiary/aromatic N) is 1. The summed E-state index contributed by atoms with van der Waals surface area (Å²) in [4.78, 5) is 26.0. The first-order chi connectivity index (χ1) is 11.2. The molecule has 0 bridgehead atoms. The van der Waals surface area contributed by atoms with E-state index in [0.29, 0.717) is 25.4 Å². The maximum atomic E-state index is 12.5. The lowest BCUT2D eigenvalue weighted by atomic mass is 10.1. The van der Waals surface area contributed by atoms with Crippen LogP contribution in [0, 0.1) is 12.8 Å². The lowest BCUT2D eigenvalue weighted by Crippen LogP contribution is -2.36. The Balaban J connectivity index is 1.77. The van der Waals surface area contributed by atoms with Crippen molar-refractivity contribution in [2.45, 2.75) is 46.1 Å². The number of amides is 2. The third kappa shape index (κ3) is 5.55. The molecule has 1 atom stereocenters. The van der Waals surface area contributed by atoms with E-state index in [1.54, 1.807) is 0 Å². The topological polar surface area (TPSA) is 58.6 Å².